The standard InChI is InChI=1S/C43H49N3O11/c1-19-14-16-46-28(18-19)44-32-29-30-37(50)25(7)40-31(29)41(52)43(9,57-40)55-17-15-27(54-10)22(4)39(56-26(8)47)24(6)36(49)23(5)35(48)20(2)12-11-13-21(3)42(53)45-33(34(32)46)38(30)51/h11-18,20,22-24,27,35-36,39,48-50H,1-10H3/b12-11-,17-15-,21-13-,45-33?/t20-,22+,23+,24+,27-,35-,36+,39+,43-/m0/s1. The molecule has 1 amide bonds. The first-order valence-corrected chi connectivity index (χ1v) is 18.9. The van der Waals surface area contributed by atoms with Crippen molar-refractivity contribution in [2.24, 2.45) is 28.7 Å². The number of aryl methyl sites for hydroxylation is 1. The van der Waals surface area contributed by atoms with Gasteiger partial charge in [0.15, 0.2) is 0 Å². The number of rotatable bonds is 2. The SMILES string of the molecule is CO[C@H]1/C=C\O[C@@]2(C)Oc3c(C)c(O)c4c(c3C2=O)-c2nc3cc(C)ccn3c2C(=NC(=O)/C(C)=C\C=C/[C@H](C)[C@H](O)[C@@H](C)[C@@H](O)[C@@H](C)[C@H](OC(C)=O)[C@@H]1C)C4=O. The number of aliphatic hydroxyl groups excluding tert-OH is 2. The molecule has 14 nitrogen and oxygen atoms in total. The molecule has 0 saturated heterocycles. The molecule has 0 unspecified atom stereocenters. The van der Waals surface area contributed by atoms with E-state index in [9.17, 15) is 34.5 Å². The summed E-state index contributed by atoms with van der Waals surface area (Å²) in [4.78, 5) is 64.2. The van der Waals surface area contributed by atoms with Gasteiger partial charge in [0.05, 0.1) is 35.7 Å². The summed E-state index contributed by atoms with van der Waals surface area (Å²) < 4.78 is 25.4. The fourth-order valence-electron chi connectivity index (χ4n) is 7.96. The number of ether oxygens (including phenoxy) is 4. The fraction of sp³-hybridized carbons (Fsp3) is 0.442. The second kappa shape index (κ2) is 15.5. The quantitative estimate of drug-likeness (QED) is 0.281. The molecule has 9 atom stereocenters. The summed E-state index contributed by atoms with van der Waals surface area (Å²) in [6, 6.07) is 3.57. The second-order valence-corrected chi connectivity index (χ2v) is 15.5. The number of pyridine rings is 1. The predicted molar refractivity (Wildman–Crippen MR) is 209 cm³/mol. The molecule has 302 valence electrons. The lowest BCUT2D eigenvalue weighted by Gasteiger charge is -2.38. The summed E-state index contributed by atoms with van der Waals surface area (Å²) in [6.07, 6.45) is 5.38. The molecule has 1 aromatic carbocycles. The highest BCUT2D eigenvalue weighted by Gasteiger charge is 2.52. The summed E-state index contributed by atoms with van der Waals surface area (Å²) in [5.41, 5.74) is 1.26. The Balaban J connectivity index is 1.56. The van der Waals surface area contributed by atoms with Gasteiger partial charge in [0, 0.05) is 67.5 Å². The van der Waals surface area contributed by atoms with Crippen LogP contribution in [0.3, 0.4) is 0 Å². The van der Waals surface area contributed by atoms with Crippen molar-refractivity contribution < 1.29 is 53.4 Å². The number of carbonyl (C=O) groups excluding carboxylic acids is 4. The lowest BCUT2D eigenvalue weighted by Crippen LogP contribution is -2.46. The number of phenolic OH excluding ortho intramolecular Hbond substituents is 1. The normalized spacial score (nSPS) is 31.5. The minimum atomic E-state index is -1.99. The molecule has 5 bridgehead atoms. The number of hydrogen-bond acceptors (Lipinski definition) is 12. The highest BCUT2D eigenvalue weighted by molar-refractivity contribution is 6.56. The van der Waals surface area contributed by atoms with Gasteiger partial charge in [-0.25, -0.2) is 9.98 Å². The van der Waals surface area contributed by atoms with Crippen molar-refractivity contribution >= 4 is 34.8 Å². The van der Waals surface area contributed by atoms with E-state index >= 15 is 0 Å². The molecule has 0 radical (unpaired) electrons. The van der Waals surface area contributed by atoms with Gasteiger partial charge in [-0.05, 0) is 44.5 Å². The summed E-state index contributed by atoms with van der Waals surface area (Å²) in [5.74, 6) is -7.67. The molecule has 4 heterocycles. The number of hydrogen-bond donors (Lipinski definition) is 3. The maximum atomic E-state index is 14.5. The summed E-state index contributed by atoms with van der Waals surface area (Å²) in [7, 11) is 1.45. The number of phenols is 1. The van der Waals surface area contributed by atoms with E-state index in [2.05, 4.69) is 4.99 Å². The van der Waals surface area contributed by atoms with Crippen molar-refractivity contribution in [1.29, 1.82) is 0 Å². The number of carbonyl (C=O) groups is 4. The lowest BCUT2D eigenvalue weighted by molar-refractivity contribution is -0.160. The smallest absolute Gasteiger partial charge is 0.312 e. The van der Waals surface area contributed by atoms with Crippen LogP contribution >= 0.6 is 0 Å². The summed E-state index contributed by atoms with van der Waals surface area (Å²) in [5, 5.41) is 34.5. The van der Waals surface area contributed by atoms with E-state index in [1.807, 2.05) is 6.92 Å². The number of nitrogens with zero attached hydrogens (tertiary/aromatic N) is 3. The molecule has 0 spiro atoms. The molecule has 6 rings (SSSR count). The predicted octanol–water partition coefficient (Wildman–Crippen LogP) is 5.39. The van der Waals surface area contributed by atoms with E-state index in [0.29, 0.717) is 5.65 Å². The van der Waals surface area contributed by atoms with Crippen LogP contribution in [0.2, 0.25) is 0 Å². The van der Waals surface area contributed by atoms with Crippen LogP contribution in [0.4, 0.5) is 0 Å². The molecule has 3 N–H and O–H groups in total. The van der Waals surface area contributed by atoms with Crippen molar-refractivity contribution in [2.75, 3.05) is 7.11 Å². The molecule has 57 heavy (non-hydrogen) atoms. The molecule has 2 aromatic heterocycles. The molecule has 0 saturated carbocycles. The Bertz CT molecular complexity index is 2300. The maximum absolute atomic E-state index is 14.5. The lowest BCUT2D eigenvalue weighted by atomic mass is 9.78. The van der Waals surface area contributed by atoms with Crippen LogP contribution < -0.4 is 4.74 Å². The van der Waals surface area contributed by atoms with E-state index < -0.39 is 83.1 Å². The maximum Gasteiger partial charge on any atom is 0.312 e. The van der Waals surface area contributed by atoms with Crippen LogP contribution in [0.1, 0.15) is 86.0 Å². The molecule has 2 aliphatic heterocycles. The van der Waals surface area contributed by atoms with Gasteiger partial charge < -0.3 is 34.3 Å². The zero-order valence-electron chi connectivity index (χ0n) is 33.7. The number of aromatic nitrogens is 2. The van der Waals surface area contributed by atoms with Gasteiger partial charge in [-0.3, -0.25) is 23.6 Å². The van der Waals surface area contributed by atoms with Crippen LogP contribution in [0.15, 0.2) is 59.5 Å². The first-order chi connectivity index (χ1) is 26.8. The Morgan fingerprint density at radius 3 is 2.33 bits per heavy atom. The average Bonchev–Trinajstić information content (AvgIpc) is 3.67. The third kappa shape index (κ3) is 7.10. The Morgan fingerprint density at radius 1 is 0.965 bits per heavy atom. The zero-order valence-corrected chi connectivity index (χ0v) is 33.7. The number of aromatic hydroxyl groups is 1. The van der Waals surface area contributed by atoms with Gasteiger partial charge in [0.2, 0.25) is 5.78 Å². The number of ketones is 2. The van der Waals surface area contributed by atoms with E-state index in [-0.39, 0.29) is 50.7 Å². The van der Waals surface area contributed by atoms with E-state index in [1.54, 1.807) is 62.6 Å². The van der Waals surface area contributed by atoms with Crippen LogP contribution in [-0.2, 0) is 23.8 Å². The number of fused-ring (bicyclic) bond motifs is 6. The van der Waals surface area contributed by atoms with Gasteiger partial charge in [0.25, 0.3) is 11.7 Å². The van der Waals surface area contributed by atoms with Crippen LogP contribution in [0, 0.1) is 37.5 Å². The van der Waals surface area contributed by atoms with Gasteiger partial charge >= 0.3 is 11.8 Å². The number of allylic oxidation sites excluding steroid dienone is 2. The second-order valence-electron chi connectivity index (χ2n) is 15.5. The third-order valence-electron chi connectivity index (χ3n) is 11.4. The van der Waals surface area contributed by atoms with Crippen LogP contribution in [0.25, 0.3) is 16.9 Å². The van der Waals surface area contributed by atoms with Crippen molar-refractivity contribution in [3.05, 3.63) is 82.4 Å². The minimum absolute atomic E-state index is 0.00776. The van der Waals surface area contributed by atoms with Crippen molar-refractivity contribution in [3.8, 4) is 22.8 Å². The molecular formula is C43H49N3O11. The van der Waals surface area contributed by atoms with Gasteiger partial charge in [-0.15, -0.1) is 0 Å². The monoisotopic (exact) mass is 783 g/mol. The van der Waals surface area contributed by atoms with Gasteiger partial charge in [-0.2, -0.15) is 0 Å². The Labute approximate surface area is 330 Å². The highest BCUT2D eigenvalue weighted by Crippen LogP contribution is 2.52. The van der Waals surface area contributed by atoms with Crippen LogP contribution in [0.5, 0.6) is 11.5 Å². The fourth-order valence-corrected chi connectivity index (χ4v) is 7.96. The number of amides is 1. The highest BCUT2D eigenvalue weighted by atomic mass is 16.7. The van der Waals surface area contributed by atoms with Crippen molar-refractivity contribution in [1.82, 2.24) is 9.38 Å². The number of benzene rings is 1. The minimum Gasteiger partial charge on any atom is -0.507 e. The average molecular weight is 784 g/mol. The first kappa shape index (κ1) is 41.2. The van der Waals surface area contributed by atoms with E-state index in [0.717, 1.165) is 5.56 Å². The Kier molecular flexibility index (Phi) is 11.2. The number of aliphatic hydroxyl groups is 2. The first-order valence-electron chi connectivity index (χ1n) is 18.9. The number of esters is 1. The summed E-state index contributed by atoms with van der Waals surface area (Å²) in [6.45, 7) is 14.5. The molecule has 3 aliphatic rings. The summed E-state index contributed by atoms with van der Waals surface area (Å²) >= 11 is 0. The Hall–Kier alpha value is -5.44. The molecule has 0 fully saturated rings. The number of aliphatic imine (C=N–C) groups is 1. The van der Waals surface area contributed by atoms with Crippen LogP contribution in [-0.4, -0.2) is 91.2 Å². The number of imidazole rings is 1. The molecule has 1 aliphatic carbocycles. The topological polar surface area (TPSA) is 196 Å². The third-order valence-corrected chi connectivity index (χ3v) is 11.4. The molecule has 14 heteroatoms. The van der Waals surface area contributed by atoms with E-state index in [1.165, 1.54) is 53.2 Å². The molecular weight excluding hydrogens is 734 g/mol. The number of methoxy groups -OCH3 is 1. The molecule has 3 aromatic rings. The van der Waals surface area contributed by atoms with Gasteiger partial charge in [-0.1, -0.05) is 45.9 Å². The van der Waals surface area contributed by atoms with Gasteiger partial charge in [0.1, 0.15) is 40.3 Å². The Morgan fingerprint density at radius 2 is 1.67 bits per heavy atom. The van der Waals surface area contributed by atoms with Crippen molar-refractivity contribution in [3.63, 3.8) is 0 Å². The van der Waals surface area contributed by atoms with E-state index in [4.69, 9.17) is 23.9 Å². The number of Topliss-reactive ketones (excluding diaryl/α,β-unsaturated/α-hetero) is 2. The van der Waals surface area contributed by atoms with Crippen molar-refractivity contribution in [2.45, 2.75) is 92.5 Å². The largest absolute Gasteiger partial charge is 0.507 e. The zero-order chi connectivity index (χ0) is 41.8.